The van der Waals surface area contributed by atoms with Gasteiger partial charge < -0.3 is 5.11 Å². The fraction of sp³-hybridized carbons (Fsp3) is 0.556. The Kier molecular flexibility index (Phi) is 1.95. The quantitative estimate of drug-likeness (QED) is 0.513. The molecule has 0 aromatic carbocycles. The molecule has 0 saturated heterocycles. The van der Waals surface area contributed by atoms with Crippen LogP contribution in [-0.2, 0) is 9.59 Å². The van der Waals surface area contributed by atoms with Crippen molar-refractivity contribution < 1.29 is 14.7 Å². The maximum absolute atomic E-state index is 11.1. The van der Waals surface area contributed by atoms with Crippen molar-refractivity contribution in [2.24, 2.45) is 23.7 Å². The highest BCUT2D eigenvalue weighted by molar-refractivity contribution is 7.96. The molecule has 2 rings (SSSR count). The van der Waals surface area contributed by atoms with Gasteiger partial charge in [0.05, 0.1) is 5.92 Å². The van der Waals surface area contributed by atoms with E-state index >= 15 is 0 Å². The number of carboxylic acid groups (broad SMARTS) is 1. The minimum Gasteiger partial charge on any atom is -0.481 e. The summed E-state index contributed by atoms with van der Waals surface area (Å²) in [5, 5.41) is 8.65. The van der Waals surface area contributed by atoms with Crippen LogP contribution in [0, 0.1) is 23.7 Å². The second-order valence-corrected chi connectivity index (χ2v) is 4.12. The highest BCUT2D eigenvalue weighted by Crippen LogP contribution is 2.48. The molecule has 0 aliphatic heterocycles. The maximum atomic E-state index is 11.1. The third-order valence-electron chi connectivity index (χ3n) is 3.03. The number of carbonyl (C=O) groups excluding carboxylic acids is 1. The molecule has 70 valence electrons. The van der Waals surface area contributed by atoms with E-state index in [-0.39, 0.29) is 17.0 Å². The summed E-state index contributed by atoms with van der Waals surface area (Å²) < 4.78 is 0. The zero-order chi connectivity index (χ0) is 9.59. The lowest BCUT2D eigenvalue weighted by Crippen LogP contribution is -2.30. The minimum atomic E-state index is -0.871. The summed E-state index contributed by atoms with van der Waals surface area (Å²) in [5.41, 5.74) is 0. The molecule has 0 aromatic heterocycles. The van der Waals surface area contributed by atoms with Gasteiger partial charge in [0.2, 0.25) is 0 Å². The summed E-state index contributed by atoms with van der Waals surface area (Å²) in [6.07, 6.45) is 4.66. The molecule has 13 heavy (non-hydrogen) atoms. The third kappa shape index (κ3) is 1.20. The molecule has 2 aliphatic carbocycles. The molecule has 0 aromatic rings. The topological polar surface area (TPSA) is 54.4 Å². The van der Waals surface area contributed by atoms with E-state index < -0.39 is 17.8 Å². The Morgan fingerprint density at radius 1 is 1.23 bits per heavy atom. The van der Waals surface area contributed by atoms with Gasteiger partial charge in [0, 0.05) is 5.92 Å². The Bertz CT molecular complexity index is 269. The summed E-state index contributed by atoms with van der Waals surface area (Å²) in [4.78, 5) is 22.0. The lowest BCUT2D eigenvalue weighted by atomic mass is 9.84. The largest absolute Gasteiger partial charge is 0.481 e. The van der Waals surface area contributed by atoms with Gasteiger partial charge in [-0.1, -0.05) is 12.2 Å². The molecule has 0 heterocycles. The summed E-state index contributed by atoms with van der Waals surface area (Å²) in [6.45, 7) is 0. The van der Waals surface area contributed by atoms with Gasteiger partial charge >= 0.3 is 5.97 Å². The molecule has 0 amide bonds. The summed E-state index contributed by atoms with van der Waals surface area (Å²) in [5.74, 6) is -1.67. The third-order valence-corrected chi connectivity index (χ3v) is 3.33. The van der Waals surface area contributed by atoms with Crippen molar-refractivity contribution in [1.29, 1.82) is 0 Å². The molecule has 0 spiro atoms. The highest BCUT2D eigenvalue weighted by Gasteiger charge is 2.50. The number of rotatable bonds is 2. The molecule has 1 N–H and O–H groups in total. The first-order valence-electron chi connectivity index (χ1n) is 4.25. The number of allylic oxidation sites excluding steroid dienone is 2. The number of carboxylic acids is 1. The molecule has 0 radical (unpaired) electrons. The molecular weight excluding hydrogens is 188 g/mol. The average Bonchev–Trinajstić information content (AvgIpc) is 2.60. The average molecular weight is 198 g/mol. The van der Waals surface area contributed by atoms with Crippen LogP contribution in [0.15, 0.2) is 12.2 Å². The van der Waals surface area contributed by atoms with E-state index in [0.717, 1.165) is 6.42 Å². The second kappa shape index (κ2) is 2.87. The fourth-order valence-corrected chi connectivity index (χ4v) is 2.85. The Labute approximate surface area is 81.2 Å². The van der Waals surface area contributed by atoms with Crippen molar-refractivity contribution in [3.8, 4) is 0 Å². The van der Waals surface area contributed by atoms with Crippen LogP contribution in [0.4, 0.5) is 0 Å². The molecule has 1 fully saturated rings. The Morgan fingerprint density at radius 2 is 1.77 bits per heavy atom. The van der Waals surface area contributed by atoms with Crippen LogP contribution in [0.2, 0.25) is 0 Å². The Morgan fingerprint density at radius 3 is 2.15 bits per heavy atom. The van der Waals surface area contributed by atoms with E-state index in [1.165, 1.54) is 0 Å². The number of aliphatic carboxylic acids is 1. The molecule has 2 bridgehead atoms. The normalized spacial score (nSPS) is 41.0. The maximum Gasteiger partial charge on any atom is 0.307 e. The number of fused-ring (bicyclic) bond motifs is 2. The molecule has 2 aliphatic rings. The summed E-state index contributed by atoms with van der Waals surface area (Å²) in [7, 11) is 0. The fourth-order valence-electron chi connectivity index (χ4n) is 2.50. The van der Waals surface area contributed by atoms with Gasteiger partial charge in [-0.15, -0.1) is 12.6 Å². The van der Waals surface area contributed by atoms with Crippen molar-refractivity contribution in [2.75, 3.05) is 0 Å². The summed E-state index contributed by atoms with van der Waals surface area (Å²) in [6, 6.07) is 0. The van der Waals surface area contributed by atoms with E-state index in [1.807, 2.05) is 12.2 Å². The standard InChI is InChI=1S/C9H10O3S/c10-8(11)6-4-1-2-5(3-4)7(6)9(12)13/h1-2,4-7H,3H2,(H,10,11)(H,12,13)/t4-,5-,6-,7-/m0/s1. The van der Waals surface area contributed by atoms with Gasteiger partial charge in [0.15, 0.2) is 5.12 Å². The van der Waals surface area contributed by atoms with E-state index in [4.69, 9.17) is 5.11 Å². The van der Waals surface area contributed by atoms with Crippen molar-refractivity contribution in [1.82, 2.24) is 0 Å². The minimum absolute atomic E-state index is 0.0450. The number of thiol groups is 1. The van der Waals surface area contributed by atoms with Crippen molar-refractivity contribution >= 4 is 23.7 Å². The van der Waals surface area contributed by atoms with E-state index in [9.17, 15) is 9.59 Å². The predicted octanol–water partition coefficient (Wildman–Crippen LogP) is 0.966. The van der Waals surface area contributed by atoms with Gasteiger partial charge in [-0.3, -0.25) is 9.59 Å². The predicted molar refractivity (Wildman–Crippen MR) is 49.3 cm³/mol. The molecular formula is C9H10O3S. The van der Waals surface area contributed by atoms with E-state index in [2.05, 4.69) is 12.6 Å². The Balaban J connectivity index is 2.30. The summed E-state index contributed by atoms with van der Waals surface area (Å²) >= 11 is 3.74. The monoisotopic (exact) mass is 198 g/mol. The molecule has 1 saturated carbocycles. The van der Waals surface area contributed by atoms with Gasteiger partial charge in [-0.25, -0.2) is 0 Å². The van der Waals surface area contributed by atoms with Crippen LogP contribution in [0.3, 0.4) is 0 Å². The first-order chi connectivity index (χ1) is 6.11. The van der Waals surface area contributed by atoms with Gasteiger partial charge in [-0.05, 0) is 18.3 Å². The smallest absolute Gasteiger partial charge is 0.307 e. The number of hydrogen-bond acceptors (Lipinski definition) is 2. The molecule has 4 heteroatoms. The van der Waals surface area contributed by atoms with Crippen molar-refractivity contribution in [2.45, 2.75) is 6.42 Å². The van der Waals surface area contributed by atoms with Crippen LogP contribution in [0.1, 0.15) is 6.42 Å². The highest BCUT2D eigenvalue weighted by atomic mass is 32.1. The zero-order valence-electron chi connectivity index (χ0n) is 6.88. The van der Waals surface area contributed by atoms with Crippen LogP contribution in [0.25, 0.3) is 0 Å². The SMILES string of the molecule is O=C(O)[C@@H]1[C@@H](C(=O)S)[C@H]2C=C[C@H]1C2. The van der Waals surface area contributed by atoms with Gasteiger partial charge in [0.1, 0.15) is 0 Å². The van der Waals surface area contributed by atoms with E-state index in [1.54, 1.807) is 0 Å². The Hall–Kier alpha value is -0.770. The number of carbonyl (C=O) groups is 2. The van der Waals surface area contributed by atoms with Crippen molar-refractivity contribution in [3.63, 3.8) is 0 Å². The number of hydrogen-bond donors (Lipinski definition) is 2. The first kappa shape index (κ1) is 8.81. The van der Waals surface area contributed by atoms with Crippen LogP contribution in [-0.4, -0.2) is 16.2 Å². The molecule has 4 atom stereocenters. The van der Waals surface area contributed by atoms with E-state index in [0.29, 0.717) is 0 Å². The van der Waals surface area contributed by atoms with Gasteiger partial charge in [-0.2, -0.15) is 0 Å². The van der Waals surface area contributed by atoms with Crippen molar-refractivity contribution in [3.05, 3.63) is 12.2 Å². The first-order valence-corrected chi connectivity index (χ1v) is 4.70. The van der Waals surface area contributed by atoms with Gasteiger partial charge in [0.25, 0.3) is 0 Å². The molecule has 0 unspecified atom stereocenters. The second-order valence-electron chi connectivity index (χ2n) is 3.68. The van der Waals surface area contributed by atoms with Crippen LogP contribution >= 0.6 is 12.6 Å². The zero-order valence-corrected chi connectivity index (χ0v) is 7.78. The lowest BCUT2D eigenvalue weighted by molar-refractivity contribution is -0.146. The lowest BCUT2D eigenvalue weighted by Gasteiger charge is -2.21. The van der Waals surface area contributed by atoms with Crippen LogP contribution in [0.5, 0.6) is 0 Å². The molecule has 3 nitrogen and oxygen atoms in total. The van der Waals surface area contributed by atoms with Crippen LogP contribution < -0.4 is 0 Å².